The van der Waals surface area contributed by atoms with Crippen LogP contribution in [0.4, 0.5) is 4.79 Å². The molecule has 1 fully saturated rings. The molecule has 0 saturated heterocycles. The summed E-state index contributed by atoms with van der Waals surface area (Å²) in [6, 6.07) is 5.47. The normalized spacial score (nSPS) is 27.9. The van der Waals surface area contributed by atoms with Gasteiger partial charge in [0.2, 0.25) is 5.91 Å². The summed E-state index contributed by atoms with van der Waals surface area (Å²) in [4.78, 5) is 21.9. The number of fused-ring (bicyclic) bond motifs is 2. The Hall–Kier alpha value is -2.04. The minimum atomic E-state index is -0.989. The number of aryl methyl sites for hydroxylation is 1. The third kappa shape index (κ3) is 1.47. The maximum Gasteiger partial charge on any atom is 0.404 e. The smallest absolute Gasteiger partial charge is 0.404 e. The second kappa shape index (κ2) is 3.48. The van der Waals surface area contributed by atoms with E-state index in [2.05, 4.69) is 5.32 Å². The van der Waals surface area contributed by atoms with Crippen molar-refractivity contribution >= 4 is 12.0 Å². The Balaban J connectivity index is 1.94. The lowest BCUT2D eigenvalue weighted by Gasteiger charge is -2.12. The van der Waals surface area contributed by atoms with E-state index < -0.39 is 12.0 Å². The lowest BCUT2D eigenvalue weighted by molar-refractivity contribution is 0.1000. The number of amides is 2. The number of benzene rings is 1. The van der Waals surface area contributed by atoms with Gasteiger partial charge in [-0.15, -0.1) is 0 Å². The summed E-state index contributed by atoms with van der Waals surface area (Å²) in [7, 11) is 0. The Morgan fingerprint density at radius 3 is 2.89 bits per heavy atom. The summed E-state index contributed by atoms with van der Waals surface area (Å²) in [6.07, 6.45) is 1.70. The van der Waals surface area contributed by atoms with Gasteiger partial charge in [0.05, 0.1) is 0 Å². The van der Waals surface area contributed by atoms with Crippen molar-refractivity contribution in [1.29, 1.82) is 0 Å². The molecule has 1 saturated carbocycles. The molecule has 0 bridgehead atoms. The first-order valence-electron chi connectivity index (χ1n) is 5.95. The van der Waals surface area contributed by atoms with E-state index in [-0.39, 0.29) is 11.5 Å². The van der Waals surface area contributed by atoms with Crippen LogP contribution in [0.2, 0.25) is 0 Å². The van der Waals surface area contributed by atoms with E-state index in [9.17, 15) is 9.59 Å². The molecule has 0 aromatic heterocycles. The zero-order chi connectivity index (χ0) is 12.9. The van der Waals surface area contributed by atoms with Crippen LogP contribution in [-0.4, -0.2) is 23.1 Å². The van der Waals surface area contributed by atoms with Crippen LogP contribution in [-0.2, 0) is 11.8 Å². The minimum absolute atomic E-state index is 0.0284. The van der Waals surface area contributed by atoms with Gasteiger partial charge in [-0.25, -0.2) is 4.79 Å². The molecule has 4 N–H and O–H groups in total. The number of hydrogen-bond acceptors (Lipinski definition) is 2. The Kier molecular flexibility index (Phi) is 2.14. The molecule has 1 spiro atoms. The highest BCUT2D eigenvalue weighted by atomic mass is 16.4. The lowest BCUT2D eigenvalue weighted by Crippen LogP contribution is -2.29. The average Bonchev–Trinajstić information content (AvgIpc) is 2.85. The van der Waals surface area contributed by atoms with Crippen molar-refractivity contribution in [2.45, 2.75) is 30.7 Å². The van der Waals surface area contributed by atoms with Crippen LogP contribution in [0.5, 0.6) is 0 Å². The largest absolute Gasteiger partial charge is 0.465 e. The van der Waals surface area contributed by atoms with Crippen molar-refractivity contribution in [1.82, 2.24) is 5.32 Å². The van der Waals surface area contributed by atoms with Gasteiger partial charge in [0.15, 0.2) is 0 Å². The maximum absolute atomic E-state index is 11.2. The van der Waals surface area contributed by atoms with Crippen molar-refractivity contribution in [3.8, 4) is 0 Å². The van der Waals surface area contributed by atoms with Crippen molar-refractivity contribution in [2.75, 3.05) is 0 Å². The van der Waals surface area contributed by atoms with Crippen LogP contribution in [0.3, 0.4) is 0 Å². The first-order chi connectivity index (χ1) is 8.53. The molecule has 18 heavy (non-hydrogen) atoms. The van der Waals surface area contributed by atoms with Gasteiger partial charge in [-0.2, -0.15) is 0 Å². The van der Waals surface area contributed by atoms with E-state index in [0.717, 1.165) is 24.8 Å². The molecule has 5 nitrogen and oxygen atoms in total. The third-order valence-electron chi connectivity index (χ3n) is 4.14. The summed E-state index contributed by atoms with van der Waals surface area (Å²) in [5.74, 6) is -0.441. The lowest BCUT2D eigenvalue weighted by atomic mass is 9.95. The Bertz CT molecular complexity index is 555. The van der Waals surface area contributed by atoms with Gasteiger partial charge in [0.25, 0.3) is 0 Å². The van der Waals surface area contributed by atoms with Crippen molar-refractivity contribution in [2.24, 2.45) is 5.73 Å². The second-order valence-electron chi connectivity index (χ2n) is 5.10. The number of carbonyl (C=O) groups excluding carboxylic acids is 1. The highest BCUT2D eigenvalue weighted by Crippen LogP contribution is 2.56. The minimum Gasteiger partial charge on any atom is -0.465 e. The number of nitrogens with two attached hydrogens (primary N) is 1. The Labute approximate surface area is 104 Å². The van der Waals surface area contributed by atoms with Crippen LogP contribution in [0.15, 0.2) is 18.2 Å². The second-order valence-corrected chi connectivity index (χ2v) is 5.10. The average molecular weight is 246 g/mol. The van der Waals surface area contributed by atoms with Crippen LogP contribution in [0.25, 0.3) is 0 Å². The fourth-order valence-electron chi connectivity index (χ4n) is 3.12. The molecular weight excluding hydrogens is 232 g/mol. The monoisotopic (exact) mass is 246 g/mol. The number of hydrogen-bond donors (Lipinski definition) is 3. The molecule has 0 radical (unpaired) electrons. The number of nitrogens with one attached hydrogen (secondary N) is 1. The van der Waals surface area contributed by atoms with Crippen molar-refractivity contribution < 1.29 is 14.7 Å². The zero-order valence-corrected chi connectivity index (χ0v) is 9.77. The predicted octanol–water partition coefficient (Wildman–Crippen LogP) is 1.01. The molecule has 2 atom stereocenters. The molecule has 0 aliphatic heterocycles. The summed E-state index contributed by atoms with van der Waals surface area (Å²) in [5.41, 5.74) is 7.98. The molecule has 2 aliphatic rings. The molecule has 0 heterocycles. The van der Waals surface area contributed by atoms with Crippen LogP contribution >= 0.6 is 0 Å². The summed E-state index contributed by atoms with van der Waals surface area (Å²) in [6.45, 7) is 0. The Morgan fingerprint density at radius 1 is 1.44 bits per heavy atom. The molecule has 5 heteroatoms. The van der Waals surface area contributed by atoms with E-state index in [4.69, 9.17) is 10.8 Å². The van der Waals surface area contributed by atoms with Gasteiger partial charge in [0.1, 0.15) is 0 Å². The van der Waals surface area contributed by atoms with Crippen LogP contribution in [0, 0.1) is 0 Å². The van der Waals surface area contributed by atoms with Crippen molar-refractivity contribution in [3.05, 3.63) is 34.9 Å². The molecule has 1 aromatic rings. The van der Waals surface area contributed by atoms with E-state index in [1.165, 1.54) is 5.56 Å². The molecule has 2 amide bonds. The van der Waals surface area contributed by atoms with E-state index >= 15 is 0 Å². The number of rotatable bonds is 2. The van der Waals surface area contributed by atoms with Gasteiger partial charge in [0, 0.05) is 17.0 Å². The first kappa shape index (κ1) is 11.1. The fourth-order valence-corrected chi connectivity index (χ4v) is 3.12. The van der Waals surface area contributed by atoms with Crippen molar-refractivity contribution in [3.63, 3.8) is 0 Å². The van der Waals surface area contributed by atoms with Crippen LogP contribution < -0.4 is 11.1 Å². The highest BCUT2D eigenvalue weighted by Gasteiger charge is 2.58. The summed E-state index contributed by atoms with van der Waals surface area (Å²) in [5, 5.41) is 11.3. The molecule has 3 rings (SSSR count). The summed E-state index contributed by atoms with van der Waals surface area (Å²) < 4.78 is 0. The maximum atomic E-state index is 11.2. The van der Waals surface area contributed by atoms with Crippen LogP contribution in [0.1, 0.15) is 34.3 Å². The fraction of sp³-hybridized carbons (Fsp3) is 0.385. The van der Waals surface area contributed by atoms with Gasteiger partial charge in [-0.3, -0.25) is 4.79 Å². The van der Waals surface area contributed by atoms with Gasteiger partial charge >= 0.3 is 6.09 Å². The molecule has 94 valence electrons. The highest BCUT2D eigenvalue weighted by molar-refractivity contribution is 5.93. The van der Waals surface area contributed by atoms with E-state index in [1.807, 2.05) is 12.1 Å². The number of primary amides is 1. The van der Waals surface area contributed by atoms with Gasteiger partial charge in [-0.05, 0) is 42.5 Å². The van der Waals surface area contributed by atoms with Gasteiger partial charge in [-0.1, -0.05) is 6.07 Å². The molecular formula is C13H14N2O3. The molecule has 2 aliphatic carbocycles. The number of carbonyl (C=O) groups is 2. The molecule has 1 aromatic carbocycles. The number of carboxylic acid groups (broad SMARTS) is 1. The SMILES string of the molecule is NC(=O)c1ccc2c(c1)C1(CC2)CC1NC(=O)O. The molecule has 2 unspecified atom stereocenters. The summed E-state index contributed by atoms with van der Waals surface area (Å²) >= 11 is 0. The first-order valence-corrected chi connectivity index (χ1v) is 5.95. The van der Waals surface area contributed by atoms with Gasteiger partial charge < -0.3 is 16.2 Å². The quantitative estimate of drug-likeness (QED) is 0.727. The third-order valence-corrected chi connectivity index (χ3v) is 4.14. The standard InChI is InChI=1S/C13H14N2O3/c14-11(16)8-2-1-7-3-4-13(9(7)5-8)6-10(13)15-12(17)18/h1-2,5,10,15H,3-4,6H2,(H2,14,16)(H,17,18). The Morgan fingerprint density at radius 2 is 2.22 bits per heavy atom. The van der Waals surface area contributed by atoms with E-state index in [1.54, 1.807) is 6.07 Å². The zero-order valence-electron chi connectivity index (χ0n) is 9.77. The van der Waals surface area contributed by atoms with E-state index in [0.29, 0.717) is 5.56 Å². The predicted molar refractivity (Wildman–Crippen MR) is 64.5 cm³/mol. The topological polar surface area (TPSA) is 92.4 Å².